The van der Waals surface area contributed by atoms with Gasteiger partial charge in [-0.25, -0.2) is 0 Å². The average Bonchev–Trinajstić information content (AvgIpc) is 2.79. The quantitative estimate of drug-likeness (QED) is 0.294. The number of esters is 1. The monoisotopic (exact) mass is 413 g/mol. The molecule has 168 valence electrons. The Hall–Kier alpha value is -1.38. The highest BCUT2D eigenvalue weighted by atomic mass is 16.5. The molecule has 3 heteroatoms. The standard InChI is InChI=1S/C27H43NO2/c1-3-5-6-7-25-18-19-26(20-28-25)30-27(29)24-16-14-23(15-17-24)13-12-22-10-8-21(4-2)9-11-22/h18-24H,3-17H2,1-2H3. The molecule has 0 unspecified atom stereocenters. The van der Waals surface area contributed by atoms with Gasteiger partial charge in [0, 0.05) is 5.69 Å². The van der Waals surface area contributed by atoms with Crippen LogP contribution in [-0.2, 0) is 11.2 Å². The van der Waals surface area contributed by atoms with Crippen molar-refractivity contribution in [2.45, 2.75) is 110 Å². The molecule has 0 aliphatic heterocycles. The Balaban J connectivity index is 1.33. The van der Waals surface area contributed by atoms with Gasteiger partial charge < -0.3 is 4.74 Å². The lowest BCUT2D eigenvalue weighted by atomic mass is 9.75. The van der Waals surface area contributed by atoms with Gasteiger partial charge in [0.2, 0.25) is 0 Å². The molecule has 2 fully saturated rings. The molecule has 0 radical (unpaired) electrons. The van der Waals surface area contributed by atoms with Crippen molar-refractivity contribution in [1.82, 2.24) is 4.98 Å². The number of pyridine rings is 1. The highest BCUT2D eigenvalue weighted by Crippen LogP contribution is 2.37. The van der Waals surface area contributed by atoms with E-state index in [9.17, 15) is 4.79 Å². The van der Waals surface area contributed by atoms with Crippen molar-refractivity contribution in [1.29, 1.82) is 0 Å². The molecule has 0 atom stereocenters. The molecule has 0 saturated heterocycles. The number of hydrogen-bond acceptors (Lipinski definition) is 3. The second-order valence-electron chi connectivity index (χ2n) is 9.95. The van der Waals surface area contributed by atoms with Crippen LogP contribution in [0.2, 0.25) is 0 Å². The normalized spacial score (nSPS) is 27.0. The third-order valence-electron chi connectivity index (χ3n) is 7.76. The van der Waals surface area contributed by atoms with Gasteiger partial charge in [0.05, 0.1) is 12.1 Å². The van der Waals surface area contributed by atoms with Crippen molar-refractivity contribution < 1.29 is 9.53 Å². The van der Waals surface area contributed by atoms with Crippen LogP contribution in [-0.4, -0.2) is 11.0 Å². The van der Waals surface area contributed by atoms with Gasteiger partial charge in [-0.15, -0.1) is 0 Å². The lowest BCUT2D eigenvalue weighted by molar-refractivity contribution is -0.140. The molecular formula is C27H43NO2. The molecule has 0 amide bonds. The van der Waals surface area contributed by atoms with Crippen LogP contribution in [0.15, 0.2) is 18.3 Å². The summed E-state index contributed by atoms with van der Waals surface area (Å²) >= 11 is 0. The van der Waals surface area contributed by atoms with E-state index in [2.05, 4.69) is 18.8 Å². The maximum atomic E-state index is 12.6. The number of carbonyl (C=O) groups is 1. The van der Waals surface area contributed by atoms with E-state index < -0.39 is 0 Å². The molecule has 1 heterocycles. The highest BCUT2D eigenvalue weighted by molar-refractivity contribution is 5.75. The minimum Gasteiger partial charge on any atom is -0.425 e. The molecular weight excluding hydrogens is 370 g/mol. The van der Waals surface area contributed by atoms with Crippen LogP contribution in [0.1, 0.15) is 109 Å². The minimum atomic E-state index is -0.0492. The number of unbranched alkanes of at least 4 members (excludes halogenated alkanes) is 2. The molecule has 3 rings (SSSR count). The molecule has 0 aromatic carbocycles. The van der Waals surface area contributed by atoms with E-state index in [1.165, 1.54) is 77.0 Å². The number of hydrogen-bond donors (Lipinski definition) is 0. The SMILES string of the molecule is CCCCCc1ccc(OC(=O)C2CCC(CCC3CCC(CC)CC3)CC2)cn1. The van der Waals surface area contributed by atoms with E-state index in [-0.39, 0.29) is 11.9 Å². The first-order valence-corrected chi connectivity index (χ1v) is 12.8. The average molecular weight is 414 g/mol. The summed E-state index contributed by atoms with van der Waals surface area (Å²) in [6.45, 7) is 4.55. The zero-order valence-corrected chi connectivity index (χ0v) is 19.4. The van der Waals surface area contributed by atoms with Crippen molar-refractivity contribution in [3.05, 3.63) is 24.0 Å². The van der Waals surface area contributed by atoms with Gasteiger partial charge in [-0.2, -0.15) is 0 Å². The third kappa shape index (κ3) is 7.39. The lowest BCUT2D eigenvalue weighted by Gasteiger charge is -2.31. The molecule has 0 bridgehead atoms. The van der Waals surface area contributed by atoms with Crippen molar-refractivity contribution in [2.75, 3.05) is 0 Å². The second kappa shape index (κ2) is 12.5. The third-order valence-corrected chi connectivity index (χ3v) is 7.76. The predicted octanol–water partition coefficient (Wildman–Crippen LogP) is 7.52. The Morgan fingerprint density at radius 3 is 2.10 bits per heavy atom. The summed E-state index contributed by atoms with van der Waals surface area (Å²) < 4.78 is 5.64. The van der Waals surface area contributed by atoms with E-state index in [1.54, 1.807) is 6.20 Å². The Kier molecular flexibility index (Phi) is 9.68. The lowest BCUT2D eigenvalue weighted by Crippen LogP contribution is -2.26. The van der Waals surface area contributed by atoms with Crippen molar-refractivity contribution >= 4 is 5.97 Å². The van der Waals surface area contributed by atoms with Crippen LogP contribution < -0.4 is 4.74 Å². The molecule has 0 spiro atoms. The number of nitrogens with zero attached hydrogens (tertiary/aromatic N) is 1. The van der Waals surface area contributed by atoms with Crippen LogP contribution in [0, 0.1) is 23.7 Å². The maximum Gasteiger partial charge on any atom is 0.314 e. The number of carbonyl (C=O) groups excluding carboxylic acids is 1. The minimum absolute atomic E-state index is 0.0492. The molecule has 0 N–H and O–H groups in total. The predicted molar refractivity (Wildman–Crippen MR) is 124 cm³/mol. The number of aromatic nitrogens is 1. The maximum absolute atomic E-state index is 12.6. The highest BCUT2D eigenvalue weighted by Gasteiger charge is 2.28. The van der Waals surface area contributed by atoms with Crippen LogP contribution in [0.5, 0.6) is 5.75 Å². The molecule has 1 aromatic rings. The van der Waals surface area contributed by atoms with E-state index in [4.69, 9.17) is 4.74 Å². The van der Waals surface area contributed by atoms with Crippen LogP contribution in [0.4, 0.5) is 0 Å². The molecule has 30 heavy (non-hydrogen) atoms. The van der Waals surface area contributed by atoms with Crippen LogP contribution in [0.25, 0.3) is 0 Å². The fourth-order valence-electron chi connectivity index (χ4n) is 5.46. The summed E-state index contributed by atoms with van der Waals surface area (Å²) in [5, 5.41) is 0. The van der Waals surface area contributed by atoms with Gasteiger partial charge >= 0.3 is 5.97 Å². The van der Waals surface area contributed by atoms with Gasteiger partial charge in [0.15, 0.2) is 0 Å². The molecule has 3 nitrogen and oxygen atoms in total. The zero-order chi connectivity index (χ0) is 21.2. The first-order chi connectivity index (χ1) is 14.7. The van der Waals surface area contributed by atoms with Crippen LogP contribution >= 0.6 is 0 Å². The van der Waals surface area contributed by atoms with Crippen molar-refractivity contribution in [3.63, 3.8) is 0 Å². The van der Waals surface area contributed by atoms with Gasteiger partial charge in [0.25, 0.3) is 0 Å². The Morgan fingerprint density at radius 1 is 0.900 bits per heavy atom. The van der Waals surface area contributed by atoms with Crippen molar-refractivity contribution in [3.8, 4) is 5.75 Å². The van der Waals surface area contributed by atoms with Gasteiger partial charge in [-0.1, -0.05) is 71.6 Å². The molecule has 1 aromatic heterocycles. The smallest absolute Gasteiger partial charge is 0.314 e. The molecule has 2 saturated carbocycles. The summed E-state index contributed by atoms with van der Waals surface area (Å²) in [6, 6.07) is 3.91. The van der Waals surface area contributed by atoms with E-state index in [0.29, 0.717) is 5.75 Å². The summed E-state index contributed by atoms with van der Waals surface area (Å²) in [6.07, 6.45) is 20.7. The van der Waals surface area contributed by atoms with Crippen molar-refractivity contribution in [2.24, 2.45) is 23.7 Å². The number of ether oxygens (including phenoxy) is 1. The van der Waals surface area contributed by atoms with E-state index in [1.807, 2.05) is 12.1 Å². The zero-order valence-electron chi connectivity index (χ0n) is 19.4. The Morgan fingerprint density at radius 2 is 1.53 bits per heavy atom. The van der Waals surface area contributed by atoms with Gasteiger partial charge in [0.1, 0.15) is 5.75 Å². The first-order valence-electron chi connectivity index (χ1n) is 12.8. The molecule has 2 aliphatic carbocycles. The Labute approximate surface area is 184 Å². The van der Waals surface area contributed by atoms with Gasteiger partial charge in [-0.05, 0) is 68.4 Å². The largest absolute Gasteiger partial charge is 0.425 e. The Bertz CT molecular complexity index is 610. The summed E-state index contributed by atoms with van der Waals surface area (Å²) in [7, 11) is 0. The van der Waals surface area contributed by atoms with Gasteiger partial charge in [-0.3, -0.25) is 9.78 Å². The first kappa shape index (κ1) is 23.3. The summed E-state index contributed by atoms with van der Waals surface area (Å²) in [5.41, 5.74) is 1.09. The van der Waals surface area contributed by atoms with Crippen LogP contribution in [0.3, 0.4) is 0 Å². The molecule has 2 aliphatic rings. The summed E-state index contributed by atoms with van der Waals surface area (Å²) in [5.74, 6) is 3.41. The van der Waals surface area contributed by atoms with E-state index in [0.717, 1.165) is 42.7 Å². The summed E-state index contributed by atoms with van der Waals surface area (Å²) in [4.78, 5) is 17.0. The topological polar surface area (TPSA) is 39.2 Å². The number of rotatable bonds is 10. The fourth-order valence-corrected chi connectivity index (χ4v) is 5.46. The fraction of sp³-hybridized carbons (Fsp3) is 0.778. The number of aryl methyl sites for hydroxylation is 1. The van der Waals surface area contributed by atoms with E-state index >= 15 is 0 Å². The second-order valence-corrected chi connectivity index (χ2v) is 9.95.